The number of likely N-dealkylation sites (N-methyl/N-ethyl adjacent to an activating group) is 1. The first kappa shape index (κ1) is 19.2. The minimum Gasteiger partial charge on any atom is -0.347 e. The van der Waals surface area contributed by atoms with Crippen LogP contribution in [0.1, 0.15) is 52.9 Å². The SMILES string of the molecule is CN(C)C(=O)[C@@H]1CCCN1CC1CCN(C(=O)CC(C)(C)C)CC1. The molecule has 5 heteroatoms. The Kier molecular flexibility index (Phi) is 6.29. The Morgan fingerprint density at radius 3 is 2.21 bits per heavy atom. The van der Waals surface area contributed by atoms with Crippen molar-refractivity contribution < 1.29 is 9.59 Å². The van der Waals surface area contributed by atoms with Crippen LogP contribution in [0.3, 0.4) is 0 Å². The van der Waals surface area contributed by atoms with Crippen LogP contribution in [0.5, 0.6) is 0 Å². The van der Waals surface area contributed by atoms with Gasteiger partial charge in [0.1, 0.15) is 0 Å². The molecule has 2 rings (SSSR count). The van der Waals surface area contributed by atoms with E-state index in [9.17, 15) is 9.59 Å². The average molecular weight is 338 g/mol. The maximum Gasteiger partial charge on any atom is 0.239 e. The lowest BCUT2D eigenvalue weighted by atomic mass is 9.90. The second-order valence-corrected chi connectivity index (χ2v) is 8.95. The van der Waals surface area contributed by atoms with Crippen molar-refractivity contribution in [2.75, 3.05) is 40.3 Å². The summed E-state index contributed by atoms with van der Waals surface area (Å²) in [5.41, 5.74) is 0.0588. The molecule has 138 valence electrons. The largest absolute Gasteiger partial charge is 0.347 e. The third-order valence-corrected chi connectivity index (χ3v) is 5.23. The molecule has 2 fully saturated rings. The fourth-order valence-electron chi connectivity index (χ4n) is 3.88. The van der Waals surface area contributed by atoms with Gasteiger partial charge in [-0.3, -0.25) is 14.5 Å². The van der Waals surface area contributed by atoms with Gasteiger partial charge >= 0.3 is 0 Å². The topological polar surface area (TPSA) is 43.9 Å². The molecular formula is C19H35N3O2. The van der Waals surface area contributed by atoms with Gasteiger partial charge in [-0.2, -0.15) is 0 Å². The molecule has 0 unspecified atom stereocenters. The first-order valence-corrected chi connectivity index (χ1v) is 9.40. The lowest BCUT2D eigenvalue weighted by molar-refractivity contribution is -0.134. The predicted octanol–water partition coefficient (Wildman–Crippen LogP) is 2.21. The molecule has 0 aromatic heterocycles. The molecule has 0 aliphatic carbocycles. The molecule has 24 heavy (non-hydrogen) atoms. The van der Waals surface area contributed by atoms with Crippen molar-refractivity contribution in [1.29, 1.82) is 0 Å². The zero-order chi connectivity index (χ0) is 17.9. The molecule has 0 spiro atoms. The van der Waals surface area contributed by atoms with E-state index in [-0.39, 0.29) is 17.4 Å². The molecule has 2 saturated heterocycles. The summed E-state index contributed by atoms with van der Waals surface area (Å²) in [7, 11) is 3.69. The third-order valence-electron chi connectivity index (χ3n) is 5.23. The Hall–Kier alpha value is -1.10. The zero-order valence-electron chi connectivity index (χ0n) is 16.2. The summed E-state index contributed by atoms with van der Waals surface area (Å²) in [5.74, 6) is 1.15. The van der Waals surface area contributed by atoms with Crippen molar-refractivity contribution in [3.63, 3.8) is 0 Å². The van der Waals surface area contributed by atoms with Crippen molar-refractivity contribution in [1.82, 2.24) is 14.7 Å². The van der Waals surface area contributed by atoms with Crippen LogP contribution in [0.2, 0.25) is 0 Å². The number of likely N-dealkylation sites (tertiary alicyclic amines) is 2. The number of amides is 2. The van der Waals surface area contributed by atoms with Crippen molar-refractivity contribution in [3.8, 4) is 0 Å². The van der Waals surface area contributed by atoms with E-state index in [4.69, 9.17) is 0 Å². The van der Waals surface area contributed by atoms with Gasteiger partial charge in [-0.05, 0) is 43.6 Å². The van der Waals surface area contributed by atoms with Gasteiger partial charge in [0.15, 0.2) is 0 Å². The van der Waals surface area contributed by atoms with E-state index >= 15 is 0 Å². The van der Waals surface area contributed by atoms with Gasteiger partial charge in [0.2, 0.25) is 11.8 Å². The van der Waals surface area contributed by atoms with Gasteiger partial charge < -0.3 is 9.80 Å². The molecule has 5 nitrogen and oxygen atoms in total. The molecule has 2 heterocycles. The van der Waals surface area contributed by atoms with E-state index in [0.29, 0.717) is 18.2 Å². The minimum atomic E-state index is 0.0588. The summed E-state index contributed by atoms with van der Waals surface area (Å²) < 4.78 is 0. The number of nitrogens with zero attached hydrogens (tertiary/aromatic N) is 3. The number of hydrogen-bond acceptors (Lipinski definition) is 3. The lowest BCUT2D eigenvalue weighted by Gasteiger charge is -2.36. The van der Waals surface area contributed by atoms with Gasteiger partial charge in [0.25, 0.3) is 0 Å². The van der Waals surface area contributed by atoms with Crippen LogP contribution in [0.4, 0.5) is 0 Å². The second kappa shape index (κ2) is 7.85. The number of carbonyl (C=O) groups is 2. The summed E-state index contributed by atoms with van der Waals surface area (Å²) in [6.45, 7) is 10.1. The highest BCUT2D eigenvalue weighted by Crippen LogP contribution is 2.26. The van der Waals surface area contributed by atoms with Gasteiger partial charge in [-0.15, -0.1) is 0 Å². The van der Waals surface area contributed by atoms with E-state index in [1.807, 2.05) is 19.0 Å². The quantitative estimate of drug-likeness (QED) is 0.790. The van der Waals surface area contributed by atoms with Crippen LogP contribution >= 0.6 is 0 Å². The maximum atomic E-state index is 12.3. The molecule has 0 saturated carbocycles. The van der Waals surface area contributed by atoms with Crippen LogP contribution in [0.15, 0.2) is 0 Å². The van der Waals surface area contributed by atoms with Crippen LogP contribution < -0.4 is 0 Å². The summed E-state index contributed by atoms with van der Waals surface area (Å²) in [4.78, 5) is 30.8. The van der Waals surface area contributed by atoms with Crippen LogP contribution in [0.25, 0.3) is 0 Å². The highest BCUT2D eigenvalue weighted by molar-refractivity contribution is 5.81. The maximum absolute atomic E-state index is 12.3. The molecule has 2 aliphatic rings. The fraction of sp³-hybridized carbons (Fsp3) is 0.895. The molecule has 0 N–H and O–H groups in total. The van der Waals surface area contributed by atoms with Crippen LogP contribution in [-0.2, 0) is 9.59 Å². The van der Waals surface area contributed by atoms with Crippen LogP contribution in [0, 0.1) is 11.3 Å². The van der Waals surface area contributed by atoms with Crippen molar-refractivity contribution >= 4 is 11.8 Å². The summed E-state index contributed by atoms with van der Waals surface area (Å²) in [6.07, 6.45) is 4.86. The third kappa shape index (κ3) is 5.20. The summed E-state index contributed by atoms with van der Waals surface area (Å²) >= 11 is 0. The second-order valence-electron chi connectivity index (χ2n) is 8.95. The Labute approximate surface area is 147 Å². The van der Waals surface area contributed by atoms with Crippen molar-refractivity contribution in [3.05, 3.63) is 0 Å². The van der Waals surface area contributed by atoms with Crippen molar-refractivity contribution in [2.45, 2.75) is 58.9 Å². The molecular weight excluding hydrogens is 302 g/mol. The smallest absolute Gasteiger partial charge is 0.239 e. The van der Waals surface area contributed by atoms with E-state index in [1.54, 1.807) is 4.90 Å². The Balaban J connectivity index is 1.80. The first-order chi connectivity index (χ1) is 11.2. The Morgan fingerprint density at radius 1 is 1.04 bits per heavy atom. The summed E-state index contributed by atoms with van der Waals surface area (Å²) in [5, 5.41) is 0. The lowest BCUT2D eigenvalue weighted by Crippen LogP contribution is -2.47. The normalized spacial score (nSPS) is 23.5. The van der Waals surface area contributed by atoms with E-state index < -0.39 is 0 Å². The molecule has 2 aliphatic heterocycles. The van der Waals surface area contributed by atoms with Crippen LogP contribution in [-0.4, -0.2) is 72.8 Å². The number of piperidine rings is 1. The van der Waals surface area contributed by atoms with Gasteiger partial charge in [-0.1, -0.05) is 20.8 Å². The average Bonchev–Trinajstić information content (AvgIpc) is 2.93. The predicted molar refractivity (Wildman–Crippen MR) is 96.7 cm³/mol. The fourth-order valence-corrected chi connectivity index (χ4v) is 3.88. The standard InChI is InChI=1S/C19H35N3O2/c1-19(2,3)13-17(23)21-11-8-15(9-12-21)14-22-10-6-7-16(22)18(24)20(4)5/h15-16H,6-14H2,1-5H3/t16-/m0/s1. The molecule has 0 aromatic carbocycles. The highest BCUT2D eigenvalue weighted by atomic mass is 16.2. The number of carbonyl (C=O) groups excluding carboxylic acids is 2. The van der Waals surface area contributed by atoms with Gasteiger partial charge in [-0.25, -0.2) is 0 Å². The van der Waals surface area contributed by atoms with E-state index in [0.717, 1.165) is 51.9 Å². The van der Waals surface area contributed by atoms with Crippen molar-refractivity contribution in [2.24, 2.45) is 11.3 Å². The van der Waals surface area contributed by atoms with E-state index in [1.165, 1.54) is 0 Å². The van der Waals surface area contributed by atoms with E-state index in [2.05, 4.69) is 25.7 Å². The number of hydrogen-bond donors (Lipinski definition) is 0. The van der Waals surface area contributed by atoms with Gasteiger partial charge in [0.05, 0.1) is 6.04 Å². The molecule has 1 atom stereocenters. The van der Waals surface area contributed by atoms with Gasteiger partial charge in [0, 0.05) is 40.2 Å². The highest BCUT2D eigenvalue weighted by Gasteiger charge is 2.34. The molecule has 2 amide bonds. The summed E-state index contributed by atoms with van der Waals surface area (Å²) in [6, 6.07) is 0.0700. The molecule has 0 radical (unpaired) electrons. The Bertz CT molecular complexity index is 448. The number of rotatable bonds is 4. The monoisotopic (exact) mass is 337 g/mol. The molecule has 0 bridgehead atoms. The minimum absolute atomic E-state index is 0.0588. The zero-order valence-corrected chi connectivity index (χ0v) is 16.2. The first-order valence-electron chi connectivity index (χ1n) is 9.40. The Morgan fingerprint density at radius 2 is 1.67 bits per heavy atom. The molecule has 0 aromatic rings.